The van der Waals surface area contributed by atoms with E-state index >= 15 is 0 Å². The standard InChI is InChI=1S/C13H15N3OS/c14-12(17)9-4-3-7-16(8-9)13-10-5-1-2-6-11(10)15-18-13/h1-2,5-6,9H,3-4,7-8H2,(H2,14,17)/t9-/m1/s1. The quantitative estimate of drug-likeness (QED) is 0.899. The zero-order valence-electron chi connectivity index (χ0n) is 10.0. The first kappa shape index (κ1) is 11.5. The van der Waals surface area contributed by atoms with Crippen LogP contribution in [0.1, 0.15) is 12.8 Å². The fourth-order valence-electron chi connectivity index (χ4n) is 2.50. The molecule has 1 aliphatic rings. The van der Waals surface area contributed by atoms with E-state index in [4.69, 9.17) is 5.73 Å². The molecule has 1 fully saturated rings. The minimum atomic E-state index is -0.187. The first-order valence-corrected chi connectivity index (χ1v) is 6.92. The molecule has 1 atom stereocenters. The van der Waals surface area contributed by atoms with E-state index < -0.39 is 0 Å². The summed E-state index contributed by atoms with van der Waals surface area (Å²) >= 11 is 1.51. The van der Waals surface area contributed by atoms with Gasteiger partial charge in [-0.05, 0) is 36.5 Å². The van der Waals surface area contributed by atoms with Crippen molar-refractivity contribution in [3.63, 3.8) is 0 Å². The van der Waals surface area contributed by atoms with Gasteiger partial charge in [0.15, 0.2) is 0 Å². The van der Waals surface area contributed by atoms with Gasteiger partial charge in [-0.25, -0.2) is 0 Å². The molecule has 1 saturated heterocycles. The minimum absolute atomic E-state index is 0.0281. The van der Waals surface area contributed by atoms with Gasteiger partial charge in [-0.2, -0.15) is 4.37 Å². The lowest BCUT2D eigenvalue weighted by Crippen LogP contribution is -2.40. The molecule has 1 aromatic heterocycles. The molecule has 2 aromatic rings. The van der Waals surface area contributed by atoms with E-state index in [2.05, 4.69) is 15.3 Å². The van der Waals surface area contributed by atoms with Crippen LogP contribution in [-0.2, 0) is 4.79 Å². The maximum Gasteiger partial charge on any atom is 0.222 e. The molecule has 1 aromatic carbocycles. The number of primary amides is 1. The third-order valence-corrected chi connectivity index (χ3v) is 4.41. The monoisotopic (exact) mass is 261 g/mol. The van der Waals surface area contributed by atoms with Crippen molar-refractivity contribution in [2.45, 2.75) is 12.8 Å². The van der Waals surface area contributed by atoms with Crippen molar-refractivity contribution in [3.05, 3.63) is 24.3 Å². The molecule has 94 valence electrons. The van der Waals surface area contributed by atoms with Crippen LogP contribution in [0, 0.1) is 5.92 Å². The lowest BCUT2D eigenvalue weighted by molar-refractivity contribution is -0.122. The Balaban J connectivity index is 1.92. The van der Waals surface area contributed by atoms with Gasteiger partial charge in [0.05, 0.1) is 11.4 Å². The zero-order chi connectivity index (χ0) is 12.5. The maximum absolute atomic E-state index is 11.3. The largest absolute Gasteiger partial charge is 0.369 e. The number of benzene rings is 1. The molecule has 4 nitrogen and oxygen atoms in total. The van der Waals surface area contributed by atoms with Gasteiger partial charge < -0.3 is 10.6 Å². The van der Waals surface area contributed by atoms with E-state index in [1.165, 1.54) is 16.9 Å². The van der Waals surface area contributed by atoms with Crippen molar-refractivity contribution in [1.82, 2.24) is 4.37 Å². The molecule has 0 aliphatic carbocycles. The summed E-state index contributed by atoms with van der Waals surface area (Å²) in [4.78, 5) is 13.6. The number of carbonyl (C=O) groups excluding carboxylic acids is 1. The smallest absolute Gasteiger partial charge is 0.222 e. The second kappa shape index (κ2) is 4.57. The fourth-order valence-corrected chi connectivity index (χ4v) is 3.39. The lowest BCUT2D eigenvalue weighted by Gasteiger charge is -2.31. The second-order valence-corrected chi connectivity index (χ2v) is 5.44. The third-order valence-electron chi connectivity index (χ3n) is 3.48. The van der Waals surface area contributed by atoms with Crippen molar-refractivity contribution < 1.29 is 4.79 Å². The molecule has 0 radical (unpaired) electrons. The first-order chi connectivity index (χ1) is 8.75. The predicted molar refractivity (Wildman–Crippen MR) is 73.8 cm³/mol. The molecule has 0 bridgehead atoms. The fraction of sp³-hybridized carbons (Fsp3) is 0.385. The van der Waals surface area contributed by atoms with Crippen molar-refractivity contribution in [2.75, 3.05) is 18.0 Å². The first-order valence-electron chi connectivity index (χ1n) is 6.14. The molecule has 2 N–H and O–H groups in total. The molecule has 3 rings (SSSR count). The highest BCUT2D eigenvalue weighted by atomic mass is 32.1. The van der Waals surface area contributed by atoms with Gasteiger partial charge >= 0.3 is 0 Å². The molecule has 0 unspecified atom stereocenters. The summed E-state index contributed by atoms with van der Waals surface area (Å²) in [6, 6.07) is 8.12. The Morgan fingerprint density at radius 2 is 2.28 bits per heavy atom. The van der Waals surface area contributed by atoms with E-state index in [-0.39, 0.29) is 11.8 Å². The number of aromatic nitrogens is 1. The highest BCUT2D eigenvalue weighted by molar-refractivity contribution is 7.11. The van der Waals surface area contributed by atoms with Gasteiger partial charge in [-0.15, -0.1) is 0 Å². The summed E-state index contributed by atoms with van der Waals surface area (Å²) in [5.74, 6) is -0.215. The SMILES string of the molecule is NC(=O)[C@@H]1CCCN(c2snc3ccccc23)C1. The number of hydrogen-bond donors (Lipinski definition) is 1. The summed E-state index contributed by atoms with van der Waals surface area (Å²) in [5, 5.41) is 2.34. The second-order valence-electron chi connectivity index (χ2n) is 4.69. The number of nitrogens with two attached hydrogens (primary N) is 1. The van der Waals surface area contributed by atoms with Gasteiger partial charge in [0, 0.05) is 18.5 Å². The van der Waals surface area contributed by atoms with Crippen LogP contribution < -0.4 is 10.6 Å². The summed E-state index contributed by atoms with van der Waals surface area (Å²) in [6.07, 6.45) is 1.92. The number of piperidine rings is 1. The minimum Gasteiger partial charge on any atom is -0.369 e. The number of rotatable bonds is 2. The Bertz CT molecular complexity index is 580. The number of amides is 1. The van der Waals surface area contributed by atoms with Crippen molar-refractivity contribution in [3.8, 4) is 0 Å². The molecule has 1 aliphatic heterocycles. The number of anilines is 1. The van der Waals surface area contributed by atoms with Gasteiger partial charge in [0.1, 0.15) is 5.00 Å². The summed E-state index contributed by atoms with van der Waals surface area (Å²) in [5.41, 5.74) is 6.44. The molecular formula is C13H15N3OS. The Morgan fingerprint density at radius 1 is 1.44 bits per heavy atom. The average Bonchev–Trinajstić information content (AvgIpc) is 2.82. The number of fused-ring (bicyclic) bond motifs is 1. The van der Waals surface area contributed by atoms with E-state index in [1.54, 1.807) is 0 Å². The van der Waals surface area contributed by atoms with Gasteiger partial charge in [0.25, 0.3) is 0 Å². The summed E-state index contributed by atoms with van der Waals surface area (Å²) in [7, 11) is 0. The average molecular weight is 261 g/mol. The van der Waals surface area contributed by atoms with Crippen LogP contribution in [-0.4, -0.2) is 23.4 Å². The van der Waals surface area contributed by atoms with Gasteiger partial charge in [-0.3, -0.25) is 4.79 Å². The molecule has 0 spiro atoms. The number of nitrogens with zero attached hydrogens (tertiary/aromatic N) is 2. The van der Waals surface area contributed by atoms with Gasteiger partial charge in [-0.1, -0.05) is 12.1 Å². The topological polar surface area (TPSA) is 59.2 Å². The molecule has 1 amide bonds. The highest BCUT2D eigenvalue weighted by Crippen LogP contribution is 2.33. The highest BCUT2D eigenvalue weighted by Gasteiger charge is 2.25. The lowest BCUT2D eigenvalue weighted by atomic mass is 9.97. The number of hydrogen-bond acceptors (Lipinski definition) is 4. The summed E-state index contributed by atoms with van der Waals surface area (Å²) in [6.45, 7) is 1.71. The molecular weight excluding hydrogens is 246 g/mol. The maximum atomic E-state index is 11.3. The molecule has 2 heterocycles. The molecule has 5 heteroatoms. The van der Waals surface area contributed by atoms with Crippen LogP contribution >= 0.6 is 11.5 Å². The number of carbonyl (C=O) groups is 1. The van der Waals surface area contributed by atoms with Crippen LogP contribution in [0.25, 0.3) is 10.9 Å². The summed E-state index contributed by atoms with van der Waals surface area (Å²) < 4.78 is 4.45. The van der Waals surface area contributed by atoms with Gasteiger partial charge in [0.2, 0.25) is 5.91 Å². The Kier molecular flexibility index (Phi) is 2.91. The zero-order valence-corrected chi connectivity index (χ0v) is 10.8. The van der Waals surface area contributed by atoms with Crippen molar-refractivity contribution in [2.24, 2.45) is 11.7 Å². The van der Waals surface area contributed by atoms with Crippen molar-refractivity contribution in [1.29, 1.82) is 0 Å². The Hall–Kier alpha value is -1.62. The van der Waals surface area contributed by atoms with E-state index in [1.807, 2.05) is 18.2 Å². The Labute approximate surface area is 110 Å². The predicted octanol–water partition coefficient (Wildman–Crippen LogP) is 2.00. The Morgan fingerprint density at radius 3 is 3.11 bits per heavy atom. The van der Waals surface area contributed by atoms with E-state index in [9.17, 15) is 4.79 Å². The van der Waals surface area contributed by atoms with Crippen LogP contribution in [0.4, 0.5) is 5.00 Å². The normalized spacial score (nSPS) is 20.2. The van der Waals surface area contributed by atoms with E-state index in [0.717, 1.165) is 36.4 Å². The van der Waals surface area contributed by atoms with Crippen LogP contribution in [0.2, 0.25) is 0 Å². The van der Waals surface area contributed by atoms with Crippen LogP contribution in [0.3, 0.4) is 0 Å². The van der Waals surface area contributed by atoms with Crippen LogP contribution in [0.15, 0.2) is 24.3 Å². The molecule has 0 saturated carbocycles. The van der Waals surface area contributed by atoms with Crippen LogP contribution in [0.5, 0.6) is 0 Å². The molecule has 18 heavy (non-hydrogen) atoms. The van der Waals surface area contributed by atoms with Crippen molar-refractivity contribution >= 4 is 33.3 Å². The van der Waals surface area contributed by atoms with E-state index in [0.29, 0.717) is 0 Å². The third kappa shape index (κ3) is 1.95.